The van der Waals surface area contributed by atoms with Gasteiger partial charge in [0, 0.05) is 50.2 Å². The van der Waals surface area contributed by atoms with E-state index in [0.29, 0.717) is 37.3 Å². The van der Waals surface area contributed by atoms with Crippen LogP contribution >= 0.6 is 11.6 Å². The van der Waals surface area contributed by atoms with Crippen LogP contribution in [0.2, 0.25) is 5.02 Å². The highest BCUT2D eigenvalue weighted by molar-refractivity contribution is 6.30. The van der Waals surface area contributed by atoms with Crippen LogP contribution < -0.4 is 16.0 Å². The average Bonchev–Trinajstić information content (AvgIpc) is 3.22. The van der Waals surface area contributed by atoms with Gasteiger partial charge in [0.05, 0.1) is 18.8 Å². The zero-order chi connectivity index (χ0) is 40.7. The zero-order valence-corrected chi connectivity index (χ0v) is 33.5. The number of hydrogen-bond acceptors (Lipinski definition) is 9. The minimum Gasteiger partial charge on any atom is -0.464 e. The van der Waals surface area contributed by atoms with Crippen molar-refractivity contribution in [1.29, 1.82) is 0 Å². The number of hydrogen-bond donors (Lipinski definition) is 3. The van der Waals surface area contributed by atoms with E-state index in [0.717, 1.165) is 33.9 Å². The summed E-state index contributed by atoms with van der Waals surface area (Å²) < 4.78 is 30.0. The van der Waals surface area contributed by atoms with Gasteiger partial charge < -0.3 is 39.6 Å². The molecule has 2 aliphatic rings. The van der Waals surface area contributed by atoms with E-state index in [4.69, 9.17) is 35.3 Å². The standard InChI is InChI=1S/C45H52ClN3O9/c1-2-54-42(51)40(26-32-10-4-3-5-11-32)49-41(50)22-21-36-27-38(56-44(53)48-29-34-14-8-13-33-12-6-7-16-39(33)34)28-45(57-36)24-9-15-37(58-45)30-55-43(52)47-25-23-31-17-19-35(46)20-18-31/h3-8,10-14,16-20,36-38,40H,2,9,15,21-30H2,1H3,(H,47,52)(H,48,53)(H,49,50)/t36-,37-,38-,40+,45+/m1/s1. The van der Waals surface area contributed by atoms with Crippen molar-refractivity contribution in [3.63, 3.8) is 0 Å². The van der Waals surface area contributed by atoms with Crippen molar-refractivity contribution in [3.8, 4) is 0 Å². The van der Waals surface area contributed by atoms with E-state index in [2.05, 4.69) is 16.0 Å². The molecule has 0 bridgehead atoms. The molecule has 3 amide bonds. The Bertz CT molecular complexity index is 1980. The molecular weight excluding hydrogens is 762 g/mol. The molecule has 2 heterocycles. The van der Waals surface area contributed by atoms with Gasteiger partial charge in [-0.15, -0.1) is 0 Å². The molecular formula is C45H52ClN3O9. The third kappa shape index (κ3) is 12.7. The summed E-state index contributed by atoms with van der Waals surface area (Å²) in [6.45, 7) is 2.60. The molecule has 0 aliphatic carbocycles. The molecule has 12 nitrogen and oxygen atoms in total. The number of carbonyl (C=O) groups excluding carboxylic acids is 4. The molecule has 0 aromatic heterocycles. The number of esters is 1. The predicted octanol–water partition coefficient (Wildman–Crippen LogP) is 7.57. The molecule has 0 radical (unpaired) electrons. The van der Waals surface area contributed by atoms with E-state index in [1.165, 1.54) is 0 Å². The van der Waals surface area contributed by atoms with Crippen LogP contribution in [-0.2, 0) is 52.7 Å². The van der Waals surface area contributed by atoms with E-state index < -0.39 is 48.3 Å². The van der Waals surface area contributed by atoms with Gasteiger partial charge >= 0.3 is 18.2 Å². The maximum absolute atomic E-state index is 13.3. The number of fused-ring (bicyclic) bond motifs is 1. The Kier molecular flexibility index (Phi) is 15.4. The summed E-state index contributed by atoms with van der Waals surface area (Å²) in [5.41, 5.74) is 2.89. The van der Waals surface area contributed by atoms with Gasteiger partial charge in [0.1, 0.15) is 18.8 Å². The zero-order valence-electron chi connectivity index (χ0n) is 32.8. The number of halogens is 1. The molecule has 308 valence electrons. The van der Waals surface area contributed by atoms with Crippen molar-refractivity contribution in [3.05, 3.63) is 119 Å². The van der Waals surface area contributed by atoms with Crippen molar-refractivity contribution >= 4 is 46.4 Å². The summed E-state index contributed by atoms with van der Waals surface area (Å²) in [7, 11) is 0. The van der Waals surface area contributed by atoms with Crippen LogP contribution in [0.15, 0.2) is 97.1 Å². The molecule has 5 atom stereocenters. The number of ether oxygens (including phenoxy) is 5. The third-order valence-electron chi connectivity index (χ3n) is 10.4. The first-order chi connectivity index (χ1) is 28.2. The fourth-order valence-electron chi connectivity index (χ4n) is 7.60. The SMILES string of the molecule is CCOC(=O)[C@H](Cc1ccccc1)NC(=O)CC[C@@H]1C[C@@H](OC(=O)NCc2cccc3ccccc23)C[C@@]2(CCC[C@H](COC(=O)NCCc3ccc(Cl)cc3)O2)O1. The summed E-state index contributed by atoms with van der Waals surface area (Å²) in [6, 6.07) is 29.9. The summed E-state index contributed by atoms with van der Waals surface area (Å²) in [5.74, 6) is -1.96. The van der Waals surface area contributed by atoms with Crippen molar-refractivity contribution in [2.45, 2.75) is 101 Å². The van der Waals surface area contributed by atoms with E-state index in [-0.39, 0.29) is 51.3 Å². The third-order valence-corrected chi connectivity index (χ3v) is 10.6. The second kappa shape index (κ2) is 21.0. The number of carbonyl (C=O) groups is 4. The van der Waals surface area contributed by atoms with Crippen molar-refractivity contribution < 1.29 is 42.9 Å². The first-order valence-electron chi connectivity index (χ1n) is 20.1. The molecule has 13 heteroatoms. The molecule has 2 saturated heterocycles. The summed E-state index contributed by atoms with van der Waals surface area (Å²) in [4.78, 5) is 52.1. The van der Waals surface area contributed by atoms with Crippen LogP contribution in [0, 0.1) is 0 Å². The Morgan fingerprint density at radius 2 is 1.60 bits per heavy atom. The van der Waals surface area contributed by atoms with Crippen LogP contribution in [0.4, 0.5) is 9.59 Å². The number of rotatable bonds is 16. The Labute approximate surface area is 344 Å². The quantitative estimate of drug-likeness (QED) is 0.0769. The fourth-order valence-corrected chi connectivity index (χ4v) is 7.72. The normalized spacial score (nSPS) is 20.8. The smallest absolute Gasteiger partial charge is 0.407 e. The molecule has 4 aromatic carbocycles. The highest BCUT2D eigenvalue weighted by atomic mass is 35.5. The second-order valence-corrected chi connectivity index (χ2v) is 15.2. The molecule has 1 spiro atoms. The van der Waals surface area contributed by atoms with E-state index in [1.807, 2.05) is 84.9 Å². The molecule has 0 unspecified atom stereocenters. The van der Waals surface area contributed by atoms with Crippen LogP contribution in [0.1, 0.15) is 68.6 Å². The van der Waals surface area contributed by atoms with Crippen molar-refractivity contribution in [2.24, 2.45) is 0 Å². The number of benzene rings is 4. The van der Waals surface area contributed by atoms with Crippen LogP contribution in [0.25, 0.3) is 10.8 Å². The number of nitrogens with one attached hydrogen (secondary N) is 3. The number of alkyl carbamates (subject to hydrolysis) is 2. The highest BCUT2D eigenvalue weighted by Crippen LogP contribution is 2.41. The second-order valence-electron chi connectivity index (χ2n) is 14.7. The minimum atomic E-state index is -1.13. The van der Waals surface area contributed by atoms with Gasteiger partial charge in [0.15, 0.2) is 5.79 Å². The molecule has 2 aliphatic heterocycles. The maximum atomic E-state index is 13.3. The van der Waals surface area contributed by atoms with Crippen molar-refractivity contribution in [2.75, 3.05) is 19.8 Å². The lowest BCUT2D eigenvalue weighted by Gasteiger charge is -2.47. The van der Waals surface area contributed by atoms with E-state index in [1.54, 1.807) is 19.1 Å². The van der Waals surface area contributed by atoms with Crippen LogP contribution in [-0.4, -0.2) is 74.0 Å². The Morgan fingerprint density at radius 3 is 2.41 bits per heavy atom. The van der Waals surface area contributed by atoms with Gasteiger partial charge in [-0.25, -0.2) is 14.4 Å². The molecule has 58 heavy (non-hydrogen) atoms. The van der Waals surface area contributed by atoms with Crippen LogP contribution in [0.5, 0.6) is 0 Å². The Morgan fingerprint density at radius 1 is 0.845 bits per heavy atom. The van der Waals surface area contributed by atoms with Gasteiger partial charge in [0.25, 0.3) is 0 Å². The van der Waals surface area contributed by atoms with Gasteiger partial charge in [-0.1, -0.05) is 96.5 Å². The Hall–Kier alpha value is -5.17. The van der Waals surface area contributed by atoms with Crippen LogP contribution in [0.3, 0.4) is 0 Å². The maximum Gasteiger partial charge on any atom is 0.407 e. The first-order valence-corrected chi connectivity index (χ1v) is 20.5. The van der Waals surface area contributed by atoms with E-state index in [9.17, 15) is 19.2 Å². The summed E-state index contributed by atoms with van der Waals surface area (Å²) in [5, 5.41) is 11.3. The fraction of sp³-hybridized carbons (Fsp3) is 0.422. The lowest BCUT2D eigenvalue weighted by Crippen LogP contribution is -2.54. The first kappa shape index (κ1) is 42.4. The lowest BCUT2D eigenvalue weighted by atomic mass is 9.90. The highest BCUT2D eigenvalue weighted by Gasteiger charge is 2.47. The topological polar surface area (TPSA) is 151 Å². The molecule has 0 saturated carbocycles. The van der Waals surface area contributed by atoms with Gasteiger partial charge in [-0.3, -0.25) is 4.79 Å². The molecule has 4 aromatic rings. The summed E-state index contributed by atoms with van der Waals surface area (Å²) >= 11 is 5.97. The van der Waals surface area contributed by atoms with Gasteiger partial charge in [-0.05, 0) is 72.2 Å². The molecule has 3 N–H and O–H groups in total. The van der Waals surface area contributed by atoms with Gasteiger partial charge in [-0.2, -0.15) is 0 Å². The van der Waals surface area contributed by atoms with E-state index >= 15 is 0 Å². The molecule has 6 rings (SSSR count). The monoisotopic (exact) mass is 813 g/mol. The lowest BCUT2D eigenvalue weighted by molar-refractivity contribution is -0.329. The largest absolute Gasteiger partial charge is 0.464 e. The predicted molar refractivity (Wildman–Crippen MR) is 219 cm³/mol. The Balaban J connectivity index is 1.07. The average molecular weight is 814 g/mol. The summed E-state index contributed by atoms with van der Waals surface area (Å²) in [6.07, 6.45) is 1.05. The molecule has 2 fully saturated rings. The van der Waals surface area contributed by atoms with Gasteiger partial charge in [0.2, 0.25) is 5.91 Å². The van der Waals surface area contributed by atoms with Crippen molar-refractivity contribution in [1.82, 2.24) is 16.0 Å². The number of amides is 3. The minimum absolute atomic E-state index is 0.0126.